The molecule has 102 valence electrons. The van der Waals surface area contributed by atoms with Gasteiger partial charge in [-0.3, -0.25) is 9.48 Å². The van der Waals surface area contributed by atoms with E-state index in [-0.39, 0.29) is 18.4 Å². The van der Waals surface area contributed by atoms with E-state index in [1.165, 1.54) is 0 Å². The molecular weight excluding hydrogens is 234 g/mol. The number of nitrogens with two attached hydrogens (primary N) is 1. The maximum atomic E-state index is 11.8. The molecule has 0 aliphatic carbocycles. The van der Waals surface area contributed by atoms with Gasteiger partial charge >= 0.3 is 0 Å². The molecular formula is C11H21N5O2. The minimum Gasteiger partial charge on any atom is -0.396 e. The Bertz CT molecular complexity index is 366. The van der Waals surface area contributed by atoms with Gasteiger partial charge in [0.15, 0.2) is 5.69 Å². The Labute approximate surface area is 106 Å². The monoisotopic (exact) mass is 255 g/mol. The van der Waals surface area contributed by atoms with Gasteiger partial charge in [-0.2, -0.15) is 0 Å². The Kier molecular flexibility index (Phi) is 6.31. The molecule has 1 atom stereocenters. The smallest absolute Gasteiger partial charge is 0.273 e. The molecule has 0 aliphatic heterocycles. The van der Waals surface area contributed by atoms with Crippen LogP contribution in [0.2, 0.25) is 0 Å². The maximum Gasteiger partial charge on any atom is 0.273 e. The van der Waals surface area contributed by atoms with Gasteiger partial charge in [0.05, 0.1) is 12.7 Å². The van der Waals surface area contributed by atoms with Gasteiger partial charge in [-0.25, -0.2) is 0 Å². The quantitative estimate of drug-likeness (QED) is 0.574. The first-order valence-corrected chi connectivity index (χ1v) is 6.20. The molecule has 1 heterocycles. The van der Waals surface area contributed by atoms with Gasteiger partial charge < -0.3 is 16.2 Å². The van der Waals surface area contributed by atoms with Crippen LogP contribution >= 0.6 is 0 Å². The van der Waals surface area contributed by atoms with Crippen LogP contribution in [0.5, 0.6) is 0 Å². The van der Waals surface area contributed by atoms with Crippen LogP contribution in [0.15, 0.2) is 6.20 Å². The second-order valence-corrected chi connectivity index (χ2v) is 4.15. The zero-order valence-corrected chi connectivity index (χ0v) is 10.7. The number of hydrogen-bond donors (Lipinski definition) is 3. The van der Waals surface area contributed by atoms with E-state index in [2.05, 4.69) is 15.6 Å². The van der Waals surface area contributed by atoms with Crippen molar-refractivity contribution in [2.45, 2.75) is 26.3 Å². The molecule has 0 bridgehead atoms. The van der Waals surface area contributed by atoms with E-state index in [0.29, 0.717) is 31.7 Å². The molecule has 1 unspecified atom stereocenters. The number of hydrogen-bond acceptors (Lipinski definition) is 5. The average Bonchev–Trinajstić information content (AvgIpc) is 2.83. The molecule has 0 fully saturated rings. The van der Waals surface area contributed by atoms with Crippen molar-refractivity contribution in [1.29, 1.82) is 0 Å². The lowest BCUT2D eigenvalue weighted by Crippen LogP contribution is -2.29. The van der Waals surface area contributed by atoms with Crippen molar-refractivity contribution in [2.75, 3.05) is 19.7 Å². The summed E-state index contributed by atoms with van der Waals surface area (Å²) in [4.78, 5) is 11.8. The predicted octanol–water partition coefficient (Wildman–Crippen LogP) is -0.625. The number of carbonyl (C=O) groups excluding carboxylic acids is 1. The number of rotatable bonds is 8. The second-order valence-electron chi connectivity index (χ2n) is 4.15. The van der Waals surface area contributed by atoms with Gasteiger partial charge in [0.1, 0.15) is 0 Å². The van der Waals surface area contributed by atoms with Crippen LogP contribution in [0.4, 0.5) is 0 Å². The van der Waals surface area contributed by atoms with Crippen molar-refractivity contribution in [1.82, 2.24) is 20.3 Å². The third-order valence-corrected chi connectivity index (χ3v) is 2.80. The van der Waals surface area contributed by atoms with Crippen molar-refractivity contribution in [3.05, 3.63) is 11.9 Å². The zero-order chi connectivity index (χ0) is 13.4. The average molecular weight is 255 g/mol. The van der Waals surface area contributed by atoms with Crippen LogP contribution in [0, 0.1) is 5.92 Å². The van der Waals surface area contributed by atoms with Crippen LogP contribution in [0.25, 0.3) is 0 Å². The Morgan fingerprint density at radius 2 is 2.44 bits per heavy atom. The standard InChI is InChI=1S/C11H21N5O2/c1-2-9(3-6-17)7-13-11(18)10-8-16(5-4-12)15-14-10/h8-9,17H,2-7,12H2,1H3,(H,13,18). The van der Waals surface area contributed by atoms with Crippen LogP contribution in [0.1, 0.15) is 30.3 Å². The van der Waals surface area contributed by atoms with Crippen molar-refractivity contribution in [3.8, 4) is 0 Å². The molecule has 7 heteroatoms. The zero-order valence-electron chi connectivity index (χ0n) is 10.7. The first kappa shape index (κ1) is 14.6. The number of aliphatic hydroxyl groups is 1. The summed E-state index contributed by atoms with van der Waals surface area (Å²) in [6.45, 7) is 3.71. The van der Waals surface area contributed by atoms with Gasteiger partial charge in [0, 0.05) is 19.7 Å². The molecule has 0 saturated carbocycles. The lowest BCUT2D eigenvalue weighted by molar-refractivity contribution is 0.0938. The number of nitrogens with zero attached hydrogens (tertiary/aromatic N) is 3. The van der Waals surface area contributed by atoms with Gasteiger partial charge in [-0.05, 0) is 12.3 Å². The number of aliphatic hydroxyl groups excluding tert-OH is 1. The molecule has 7 nitrogen and oxygen atoms in total. The molecule has 1 rings (SSSR count). The summed E-state index contributed by atoms with van der Waals surface area (Å²) in [7, 11) is 0. The highest BCUT2D eigenvalue weighted by molar-refractivity contribution is 5.91. The summed E-state index contributed by atoms with van der Waals surface area (Å²) in [6, 6.07) is 0. The minimum absolute atomic E-state index is 0.140. The summed E-state index contributed by atoms with van der Waals surface area (Å²) in [5, 5.41) is 19.2. The van der Waals surface area contributed by atoms with Gasteiger partial charge in [-0.1, -0.05) is 18.6 Å². The van der Waals surface area contributed by atoms with Gasteiger partial charge in [0.2, 0.25) is 0 Å². The predicted molar refractivity (Wildman–Crippen MR) is 66.9 cm³/mol. The molecule has 18 heavy (non-hydrogen) atoms. The molecule has 1 aromatic rings. The fraction of sp³-hybridized carbons (Fsp3) is 0.727. The fourth-order valence-electron chi connectivity index (χ4n) is 1.60. The number of amides is 1. The fourth-order valence-corrected chi connectivity index (χ4v) is 1.60. The van der Waals surface area contributed by atoms with Crippen LogP contribution in [0.3, 0.4) is 0 Å². The van der Waals surface area contributed by atoms with Crippen molar-refractivity contribution < 1.29 is 9.90 Å². The third-order valence-electron chi connectivity index (χ3n) is 2.80. The Morgan fingerprint density at radius 1 is 1.67 bits per heavy atom. The highest BCUT2D eigenvalue weighted by Gasteiger charge is 2.12. The molecule has 1 amide bonds. The molecule has 0 aromatic carbocycles. The number of carbonyl (C=O) groups is 1. The first-order valence-electron chi connectivity index (χ1n) is 6.20. The van der Waals surface area contributed by atoms with E-state index < -0.39 is 0 Å². The molecule has 1 aromatic heterocycles. The van der Waals surface area contributed by atoms with Crippen LogP contribution in [-0.2, 0) is 6.54 Å². The third kappa shape index (κ3) is 4.42. The first-order chi connectivity index (χ1) is 8.71. The van der Waals surface area contributed by atoms with E-state index in [9.17, 15) is 4.79 Å². The largest absolute Gasteiger partial charge is 0.396 e. The normalized spacial score (nSPS) is 12.4. The Balaban J connectivity index is 2.43. The highest BCUT2D eigenvalue weighted by atomic mass is 16.3. The Hall–Kier alpha value is -1.47. The van der Waals surface area contributed by atoms with Gasteiger partial charge in [0.25, 0.3) is 5.91 Å². The molecule has 0 spiro atoms. The minimum atomic E-state index is -0.241. The van der Waals surface area contributed by atoms with Crippen LogP contribution < -0.4 is 11.1 Å². The van der Waals surface area contributed by atoms with E-state index in [1.54, 1.807) is 10.9 Å². The topological polar surface area (TPSA) is 106 Å². The summed E-state index contributed by atoms with van der Waals surface area (Å²) >= 11 is 0. The summed E-state index contributed by atoms with van der Waals surface area (Å²) in [6.07, 6.45) is 3.19. The van der Waals surface area contributed by atoms with Crippen molar-refractivity contribution in [3.63, 3.8) is 0 Å². The van der Waals surface area contributed by atoms with E-state index in [4.69, 9.17) is 10.8 Å². The lowest BCUT2D eigenvalue weighted by atomic mass is 10.0. The maximum absolute atomic E-state index is 11.8. The van der Waals surface area contributed by atoms with Gasteiger partial charge in [-0.15, -0.1) is 5.10 Å². The molecule has 0 radical (unpaired) electrons. The Morgan fingerprint density at radius 3 is 3.06 bits per heavy atom. The molecule has 4 N–H and O–H groups in total. The highest BCUT2D eigenvalue weighted by Crippen LogP contribution is 2.06. The van der Waals surface area contributed by atoms with E-state index in [1.807, 2.05) is 6.92 Å². The molecule has 0 aliphatic rings. The molecule has 0 saturated heterocycles. The van der Waals surface area contributed by atoms with Crippen molar-refractivity contribution in [2.24, 2.45) is 11.7 Å². The summed E-state index contributed by atoms with van der Waals surface area (Å²) in [5.41, 5.74) is 5.68. The summed E-state index contributed by atoms with van der Waals surface area (Å²) < 4.78 is 1.54. The van der Waals surface area contributed by atoms with Crippen molar-refractivity contribution >= 4 is 5.91 Å². The van der Waals surface area contributed by atoms with E-state index >= 15 is 0 Å². The lowest BCUT2D eigenvalue weighted by Gasteiger charge is -2.13. The van der Waals surface area contributed by atoms with Crippen LogP contribution in [-0.4, -0.2) is 45.7 Å². The second kappa shape index (κ2) is 7.78. The SMILES string of the molecule is CCC(CCO)CNC(=O)c1cn(CCN)nn1. The van der Waals surface area contributed by atoms with E-state index in [0.717, 1.165) is 6.42 Å². The number of aromatic nitrogens is 3. The number of nitrogens with one attached hydrogen (secondary N) is 1. The summed E-state index contributed by atoms with van der Waals surface area (Å²) in [5.74, 6) is 0.0488.